The van der Waals surface area contributed by atoms with Crippen molar-refractivity contribution in [3.8, 4) is 5.69 Å². The van der Waals surface area contributed by atoms with Crippen molar-refractivity contribution in [1.29, 1.82) is 0 Å². The summed E-state index contributed by atoms with van der Waals surface area (Å²) < 4.78 is 1.54. The van der Waals surface area contributed by atoms with Crippen molar-refractivity contribution in [2.75, 3.05) is 0 Å². The van der Waals surface area contributed by atoms with Crippen molar-refractivity contribution in [3.63, 3.8) is 0 Å². The van der Waals surface area contributed by atoms with E-state index in [1.807, 2.05) is 6.92 Å². The third-order valence-corrected chi connectivity index (χ3v) is 2.64. The van der Waals surface area contributed by atoms with Crippen LogP contribution in [0.1, 0.15) is 34.1 Å². The minimum absolute atomic E-state index is 0.0971. The van der Waals surface area contributed by atoms with Crippen LogP contribution < -0.4 is 5.73 Å². The van der Waals surface area contributed by atoms with Gasteiger partial charge in [-0.05, 0) is 24.3 Å². The number of rotatable bonds is 4. The second-order valence-corrected chi connectivity index (χ2v) is 3.86. The third-order valence-electron chi connectivity index (χ3n) is 2.64. The highest BCUT2D eigenvalue weighted by molar-refractivity contribution is 5.96. The second-order valence-electron chi connectivity index (χ2n) is 3.86. The highest BCUT2D eigenvalue weighted by Gasteiger charge is 2.06. The summed E-state index contributed by atoms with van der Waals surface area (Å²) in [7, 11) is 0. The molecule has 0 aliphatic carbocycles. The number of benzene rings is 1. The number of ketones is 1. The van der Waals surface area contributed by atoms with Crippen LogP contribution in [0, 0.1) is 0 Å². The van der Waals surface area contributed by atoms with Crippen molar-refractivity contribution < 1.29 is 9.59 Å². The van der Waals surface area contributed by atoms with E-state index in [0.717, 1.165) is 5.69 Å². The van der Waals surface area contributed by atoms with Crippen LogP contribution in [0.2, 0.25) is 0 Å². The molecule has 5 nitrogen and oxygen atoms in total. The van der Waals surface area contributed by atoms with E-state index in [4.69, 9.17) is 5.73 Å². The van der Waals surface area contributed by atoms with Gasteiger partial charge in [0, 0.05) is 18.2 Å². The molecule has 92 valence electrons. The standard InChI is InChI=1S/C13H13N3O2/c1-2-12(17)9-3-5-11(6-4-9)16-8-10(7-15-16)13(14)18/h3-8H,2H2,1H3,(H2,14,18). The smallest absolute Gasteiger partial charge is 0.251 e. The summed E-state index contributed by atoms with van der Waals surface area (Å²) in [5.41, 5.74) is 6.94. The van der Waals surface area contributed by atoms with Gasteiger partial charge in [-0.15, -0.1) is 0 Å². The minimum atomic E-state index is -0.515. The lowest BCUT2D eigenvalue weighted by atomic mass is 10.1. The predicted molar refractivity (Wildman–Crippen MR) is 66.7 cm³/mol. The number of primary amides is 1. The Hall–Kier alpha value is -2.43. The zero-order chi connectivity index (χ0) is 13.1. The van der Waals surface area contributed by atoms with E-state index in [0.29, 0.717) is 17.5 Å². The van der Waals surface area contributed by atoms with Gasteiger partial charge in [-0.25, -0.2) is 4.68 Å². The van der Waals surface area contributed by atoms with Gasteiger partial charge in [0.1, 0.15) is 0 Å². The van der Waals surface area contributed by atoms with Crippen LogP contribution in [0.4, 0.5) is 0 Å². The monoisotopic (exact) mass is 243 g/mol. The van der Waals surface area contributed by atoms with E-state index < -0.39 is 5.91 Å². The van der Waals surface area contributed by atoms with Crippen LogP contribution in [0.5, 0.6) is 0 Å². The summed E-state index contributed by atoms with van der Waals surface area (Å²) in [5, 5.41) is 4.03. The topological polar surface area (TPSA) is 78.0 Å². The third kappa shape index (κ3) is 2.29. The Kier molecular flexibility index (Phi) is 3.23. The molecule has 5 heteroatoms. The van der Waals surface area contributed by atoms with Crippen LogP contribution in [0.15, 0.2) is 36.7 Å². The number of hydrogen-bond donors (Lipinski definition) is 1. The molecule has 2 aromatic rings. The van der Waals surface area contributed by atoms with Crippen LogP contribution >= 0.6 is 0 Å². The SMILES string of the molecule is CCC(=O)c1ccc(-n2cc(C(N)=O)cn2)cc1. The number of hydrogen-bond acceptors (Lipinski definition) is 3. The zero-order valence-corrected chi connectivity index (χ0v) is 9.96. The van der Waals surface area contributed by atoms with Crippen molar-refractivity contribution in [2.45, 2.75) is 13.3 Å². The molecule has 18 heavy (non-hydrogen) atoms. The number of nitrogens with two attached hydrogens (primary N) is 1. The molecule has 1 aromatic carbocycles. The summed E-state index contributed by atoms with van der Waals surface area (Å²) in [4.78, 5) is 22.4. The Morgan fingerprint density at radius 2 is 1.89 bits per heavy atom. The Labute approximate surface area is 104 Å². The molecule has 0 aliphatic heterocycles. The maximum absolute atomic E-state index is 11.5. The molecule has 0 atom stereocenters. The molecule has 1 heterocycles. The average Bonchev–Trinajstić information content (AvgIpc) is 2.88. The zero-order valence-electron chi connectivity index (χ0n) is 9.96. The van der Waals surface area contributed by atoms with Crippen LogP contribution in [0.3, 0.4) is 0 Å². The Morgan fingerprint density at radius 1 is 1.22 bits per heavy atom. The molecule has 0 bridgehead atoms. The highest BCUT2D eigenvalue weighted by atomic mass is 16.1. The Bertz CT molecular complexity index is 585. The number of Topliss-reactive ketones (excluding diaryl/α,β-unsaturated/α-hetero) is 1. The van der Waals surface area contributed by atoms with Crippen molar-refractivity contribution in [2.24, 2.45) is 5.73 Å². The second kappa shape index (κ2) is 4.83. The van der Waals surface area contributed by atoms with Gasteiger partial charge in [-0.3, -0.25) is 9.59 Å². The van der Waals surface area contributed by atoms with E-state index in [1.165, 1.54) is 6.20 Å². The molecule has 0 saturated heterocycles. The van der Waals surface area contributed by atoms with Gasteiger partial charge in [-0.2, -0.15) is 5.10 Å². The first-order valence-electron chi connectivity index (χ1n) is 5.60. The van der Waals surface area contributed by atoms with Gasteiger partial charge in [0.25, 0.3) is 5.91 Å². The quantitative estimate of drug-likeness (QED) is 0.828. The fraction of sp³-hybridized carbons (Fsp3) is 0.154. The molecule has 0 radical (unpaired) electrons. The molecular weight excluding hydrogens is 230 g/mol. The molecule has 0 aliphatic rings. The molecule has 2 N–H and O–H groups in total. The molecule has 1 aromatic heterocycles. The molecular formula is C13H13N3O2. The van der Waals surface area contributed by atoms with Crippen LogP contribution in [0.25, 0.3) is 5.69 Å². The number of carbonyl (C=O) groups is 2. The van der Waals surface area contributed by atoms with E-state index in [1.54, 1.807) is 35.1 Å². The van der Waals surface area contributed by atoms with Crippen molar-refractivity contribution >= 4 is 11.7 Å². The number of aromatic nitrogens is 2. The summed E-state index contributed by atoms with van der Waals surface area (Å²) >= 11 is 0. The van der Waals surface area contributed by atoms with Gasteiger partial charge >= 0.3 is 0 Å². The lowest BCUT2D eigenvalue weighted by Crippen LogP contribution is -2.09. The van der Waals surface area contributed by atoms with E-state index >= 15 is 0 Å². The fourth-order valence-corrected chi connectivity index (χ4v) is 1.60. The highest BCUT2D eigenvalue weighted by Crippen LogP contribution is 2.11. The van der Waals surface area contributed by atoms with Gasteiger partial charge in [0.05, 0.1) is 17.4 Å². The predicted octanol–water partition coefficient (Wildman–Crippen LogP) is 1.56. The minimum Gasteiger partial charge on any atom is -0.366 e. The Morgan fingerprint density at radius 3 is 2.39 bits per heavy atom. The lowest BCUT2D eigenvalue weighted by Gasteiger charge is -2.02. The summed E-state index contributed by atoms with van der Waals surface area (Å²) in [6.07, 6.45) is 3.44. The fourth-order valence-electron chi connectivity index (χ4n) is 1.60. The Balaban J connectivity index is 2.28. The molecule has 0 spiro atoms. The maximum Gasteiger partial charge on any atom is 0.251 e. The van der Waals surface area contributed by atoms with E-state index in [9.17, 15) is 9.59 Å². The molecule has 1 amide bonds. The van der Waals surface area contributed by atoms with E-state index in [2.05, 4.69) is 5.10 Å². The molecule has 0 unspecified atom stereocenters. The summed E-state index contributed by atoms with van der Waals surface area (Å²) in [6.45, 7) is 1.82. The summed E-state index contributed by atoms with van der Waals surface area (Å²) in [5.74, 6) is -0.418. The van der Waals surface area contributed by atoms with Crippen molar-refractivity contribution in [3.05, 3.63) is 47.8 Å². The van der Waals surface area contributed by atoms with Gasteiger partial charge in [0.2, 0.25) is 0 Å². The summed E-state index contributed by atoms with van der Waals surface area (Å²) in [6, 6.07) is 7.04. The first kappa shape index (κ1) is 12.0. The number of nitrogens with zero attached hydrogens (tertiary/aromatic N) is 2. The normalized spacial score (nSPS) is 10.3. The van der Waals surface area contributed by atoms with E-state index in [-0.39, 0.29) is 5.78 Å². The van der Waals surface area contributed by atoms with Gasteiger partial charge in [0.15, 0.2) is 5.78 Å². The largest absolute Gasteiger partial charge is 0.366 e. The number of amides is 1. The molecule has 0 fully saturated rings. The first-order valence-corrected chi connectivity index (χ1v) is 5.60. The molecule has 0 saturated carbocycles. The molecule has 2 rings (SSSR count). The first-order chi connectivity index (χ1) is 8.61. The maximum atomic E-state index is 11.5. The van der Waals surface area contributed by atoms with Gasteiger partial charge < -0.3 is 5.73 Å². The number of carbonyl (C=O) groups excluding carboxylic acids is 2. The van der Waals surface area contributed by atoms with Gasteiger partial charge in [-0.1, -0.05) is 6.92 Å². The van der Waals surface area contributed by atoms with Crippen LogP contribution in [-0.4, -0.2) is 21.5 Å². The van der Waals surface area contributed by atoms with Crippen molar-refractivity contribution in [1.82, 2.24) is 9.78 Å². The van der Waals surface area contributed by atoms with Crippen LogP contribution in [-0.2, 0) is 0 Å². The lowest BCUT2D eigenvalue weighted by molar-refractivity contribution is 0.0984. The average molecular weight is 243 g/mol.